The van der Waals surface area contributed by atoms with E-state index in [2.05, 4.69) is 20.6 Å². The summed E-state index contributed by atoms with van der Waals surface area (Å²) in [6.45, 7) is 3.66. The smallest absolute Gasteiger partial charge is 0.368 e. The van der Waals surface area contributed by atoms with Gasteiger partial charge >= 0.3 is 12.2 Å². The largest absolute Gasteiger partial charge is 0.418 e. The Hall–Kier alpha value is -4.78. The van der Waals surface area contributed by atoms with Gasteiger partial charge in [0.25, 0.3) is 0 Å². The lowest BCUT2D eigenvalue weighted by molar-refractivity contribution is -0.137. The minimum Gasteiger partial charge on any atom is -0.368 e. The normalized spacial score (nSPS) is 15.6. The fraction of sp³-hybridized carbons (Fsp3) is 0.276. The molecular formula is C29H27F3N8O2. The van der Waals surface area contributed by atoms with Crippen LogP contribution in [0.4, 0.5) is 40.8 Å². The van der Waals surface area contributed by atoms with Gasteiger partial charge in [-0.2, -0.15) is 13.2 Å². The number of alkyl halides is 3. The van der Waals surface area contributed by atoms with Gasteiger partial charge in [-0.15, -0.1) is 0 Å². The number of anilines is 4. The Morgan fingerprint density at radius 2 is 1.81 bits per heavy atom. The van der Waals surface area contributed by atoms with E-state index in [0.29, 0.717) is 65.5 Å². The molecule has 0 bridgehead atoms. The molecule has 0 saturated carbocycles. The third-order valence-corrected chi connectivity index (χ3v) is 7.28. The van der Waals surface area contributed by atoms with Crippen molar-refractivity contribution >= 4 is 45.9 Å². The number of fused-ring (bicyclic) bond motifs is 3. The second kappa shape index (κ2) is 10.6. The first kappa shape index (κ1) is 27.4. The van der Waals surface area contributed by atoms with E-state index in [-0.39, 0.29) is 23.8 Å². The molecule has 1 fully saturated rings. The van der Waals surface area contributed by atoms with E-state index in [1.165, 1.54) is 22.8 Å². The van der Waals surface area contributed by atoms with Crippen LogP contribution in [0.15, 0.2) is 54.9 Å². The molecule has 0 atom stereocenters. The van der Waals surface area contributed by atoms with Crippen LogP contribution in [0, 0.1) is 0 Å². The molecule has 216 valence electrons. The molecule has 2 aliphatic rings. The molecule has 3 aromatic heterocycles. The van der Waals surface area contributed by atoms with Crippen molar-refractivity contribution in [1.29, 1.82) is 0 Å². The lowest BCUT2D eigenvalue weighted by Gasteiger charge is -2.36. The number of carbonyl (C=O) groups is 2. The van der Waals surface area contributed by atoms with Gasteiger partial charge in [-0.05, 0) is 42.5 Å². The van der Waals surface area contributed by atoms with Crippen LogP contribution in [0.2, 0.25) is 0 Å². The molecule has 3 amide bonds. The first-order chi connectivity index (χ1) is 20.1. The Kier molecular flexibility index (Phi) is 6.89. The average molecular weight is 577 g/mol. The highest BCUT2D eigenvalue weighted by molar-refractivity contribution is 6.08. The second-order valence-electron chi connectivity index (χ2n) is 10.2. The van der Waals surface area contributed by atoms with E-state index in [9.17, 15) is 22.8 Å². The van der Waals surface area contributed by atoms with E-state index in [1.54, 1.807) is 54.7 Å². The average Bonchev–Trinajstić information content (AvgIpc) is 2.97. The van der Waals surface area contributed by atoms with E-state index >= 15 is 0 Å². The SMILES string of the molecule is CC(=O)Nc1ccc(-c2ccc3ncc4c(c3n2)N(c2ccc(N3CCNCC3)c(C(F)(F)F)c2)C(=O)N(C)C4)cn1. The van der Waals surface area contributed by atoms with Gasteiger partial charge in [-0.1, -0.05) is 0 Å². The number of piperazine rings is 1. The summed E-state index contributed by atoms with van der Waals surface area (Å²) in [4.78, 5) is 43.0. The van der Waals surface area contributed by atoms with E-state index in [0.717, 1.165) is 6.07 Å². The molecule has 6 rings (SSSR count). The van der Waals surface area contributed by atoms with Crippen LogP contribution in [0.25, 0.3) is 22.3 Å². The van der Waals surface area contributed by atoms with Crippen LogP contribution < -0.4 is 20.4 Å². The van der Waals surface area contributed by atoms with Crippen molar-refractivity contribution in [2.75, 3.05) is 48.3 Å². The maximum Gasteiger partial charge on any atom is 0.418 e. The predicted octanol–water partition coefficient (Wildman–Crippen LogP) is 4.78. The maximum absolute atomic E-state index is 14.4. The van der Waals surface area contributed by atoms with Crippen molar-refractivity contribution in [1.82, 2.24) is 25.2 Å². The molecule has 2 aliphatic heterocycles. The summed E-state index contributed by atoms with van der Waals surface area (Å²) in [7, 11) is 1.59. The first-order valence-corrected chi connectivity index (χ1v) is 13.3. The molecular weight excluding hydrogens is 549 g/mol. The van der Waals surface area contributed by atoms with Gasteiger partial charge in [0.1, 0.15) is 11.3 Å². The van der Waals surface area contributed by atoms with E-state index < -0.39 is 17.8 Å². The van der Waals surface area contributed by atoms with Gasteiger partial charge in [0.15, 0.2) is 0 Å². The molecule has 0 radical (unpaired) electrons. The first-order valence-electron chi connectivity index (χ1n) is 13.3. The minimum atomic E-state index is -4.63. The zero-order valence-electron chi connectivity index (χ0n) is 22.9. The fourth-order valence-corrected chi connectivity index (χ4v) is 5.32. The zero-order valence-corrected chi connectivity index (χ0v) is 22.9. The minimum absolute atomic E-state index is 0.0834. The number of aromatic nitrogens is 3. The molecule has 42 heavy (non-hydrogen) atoms. The number of benzene rings is 1. The van der Waals surface area contributed by atoms with Crippen molar-refractivity contribution in [3.05, 3.63) is 66.0 Å². The quantitative estimate of drug-likeness (QED) is 0.360. The highest BCUT2D eigenvalue weighted by Gasteiger charge is 2.38. The molecule has 5 heterocycles. The molecule has 2 N–H and O–H groups in total. The number of nitrogens with one attached hydrogen (secondary N) is 2. The lowest BCUT2D eigenvalue weighted by atomic mass is 10.0. The third-order valence-electron chi connectivity index (χ3n) is 7.28. The van der Waals surface area contributed by atoms with Crippen LogP contribution in [-0.2, 0) is 17.5 Å². The highest BCUT2D eigenvalue weighted by atomic mass is 19.4. The molecule has 0 aliphatic carbocycles. The van der Waals surface area contributed by atoms with Crippen molar-refractivity contribution in [3.63, 3.8) is 0 Å². The Labute approximate surface area is 239 Å². The highest BCUT2D eigenvalue weighted by Crippen LogP contribution is 2.44. The summed E-state index contributed by atoms with van der Waals surface area (Å²) in [5.41, 5.74) is 2.42. The van der Waals surface area contributed by atoms with Crippen LogP contribution >= 0.6 is 0 Å². The third kappa shape index (κ3) is 5.07. The summed E-state index contributed by atoms with van der Waals surface area (Å²) in [5.74, 6) is 0.136. The number of halogens is 3. The van der Waals surface area contributed by atoms with Gasteiger partial charge < -0.3 is 20.4 Å². The lowest BCUT2D eigenvalue weighted by Crippen LogP contribution is -2.44. The predicted molar refractivity (Wildman–Crippen MR) is 153 cm³/mol. The molecule has 10 nitrogen and oxygen atoms in total. The number of carbonyl (C=O) groups excluding carboxylic acids is 2. The van der Waals surface area contributed by atoms with Gasteiger partial charge in [-0.25, -0.2) is 14.8 Å². The maximum atomic E-state index is 14.4. The Bertz CT molecular complexity index is 1690. The van der Waals surface area contributed by atoms with Gasteiger partial charge in [0.05, 0.1) is 34.7 Å². The molecule has 1 saturated heterocycles. The Morgan fingerprint density at radius 1 is 1.02 bits per heavy atom. The van der Waals surface area contributed by atoms with Gasteiger partial charge in [0, 0.05) is 69.4 Å². The summed E-state index contributed by atoms with van der Waals surface area (Å²) < 4.78 is 43.2. The van der Waals surface area contributed by atoms with Crippen molar-refractivity contribution in [2.24, 2.45) is 0 Å². The molecule has 4 aromatic rings. The molecule has 0 spiro atoms. The number of amides is 3. The Balaban J connectivity index is 1.49. The molecule has 1 aromatic carbocycles. The summed E-state index contributed by atoms with van der Waals surface area (Å²) >= 11 is 0. The number of hydrogen-bond donors (Lipinski definition) is 2. The monoisotopic (exact) mass is 576 g/mol. The van der Waals surface area contributed by atoms with Crippen molar-refractivity contribution < 1.29 is 22.8 Å². The fourth-order valence-electron chi connectivity index (χ4n) is 5.32. The number of rotatable bonds is 4. The summed E-state index contributed by atoms with van der Waals surface area (Å²) in [6, 6.07) is 10.4. The zero-order chi connectivity index (χ0) is 29.6. The van der Waals surface area contributed by atoms with Crippen LogP contribution in [-0.4, -0.2) is 65.0 Å². The summed E-state index contributed by atoms with van der Waals surface area (Å²) in [6.07, 6.45) is -1.45. The molecule has 0 unspecified atom stereocenters. The topological polar surface area (TPSA) is 107 Å². The van der Waals surface area contributed by atoms with Crippen LogP contribution in [0.3, 0.4) is 0 Å². The Morgan fingerprint density at radius 3 is 2.50 bits per heavy atom. The van der Waals surface area contributed by atoms with Crippen LogP contribution in [0.1, 0.15) is 18.1 Å². The molecule has 13 heteroatoms. The number of urea groups is 1. The number of nitrogens with zero attached hydrogens (tertiary/aromatic N) is 6. The standard InChI is InChI=1S/C29H27F3N8O2/c1-17(41)36-25-8-3-18(14-35-25)22-5-6-23-26(37-22)27-19(15-34-23)16-38(2)28(42)40(27)20-4-7-24(21(13-20)29(30,31)32)39-11-9-33-10-12-39/h3-8,13-15,33H,9-12,16H2,1-2H3,(H,35,36,41). The van der Waals surface area contributed by atoms with Crippen molar-refractivity contribution in [2.45, 2.75) is 19.6 Å². The number of hydrogen-bond acceptors (Lipinski definition) is 7. The van der Waals surface area contributed by atoms with Gasteiger partial charge in [0.2, 0.25) is 5.91 Å². The summed E-state index contributed by atoms with van der Waals surface area (Å²) in [5, 5.41) is 5.77. The number of pyridine rings is 3. The van der Waals surface area contributed by atoms with Gasteiger partial charge in [-0.3, -0.25) is 14.7 Å². The van der Waals surface area contributed by atoms with E-state index in [1.807, 2.05) is 0 Å². The van der Waals surface area contributed by atoms with Crippen LogP contribution in [0.5, 0.6) is 0 Å². The van der Waals surface area contributed by atoms with Crippen molar-refractivity contribution in [3.8, 4) is 11.3 Å². The van der Waals surface area contributed by atoms with E-state index in [4.69, 9.17) is 4.98 Å². The second-order valence-corrected chi connectivity index (χ2v) is 10.2.